The monoisotopic (exact) mass is 258 g/mol. The molecule has 0 bridgehead atoms. The van der Waals surface area contributed by atoms with Crippen molar-refractivity contribution in [2.45, 2.75) is 20.3 Å². The van der Waals surface area contributed by atoms with Gasteiger partial charge in [0.15, 0.2) is 0 Å². The third kappa shape index (κ3) is 4.54. The molecule has 5 heteroatoms. The summed E-state index contributed by atoms with van der Waals surface area (Å²) >= 11 is 0. The van der Waals surface area contributed by atoms with Gasteiger partial charge in [-0.25, -0.2) is 4.68 Å². The topological polar surface area (TPSA) is 52.3 Å². The molecule has 0 aliphatic rings. The van der Waals surface area contributed by atoms with Crippen molar-refractivity contribution in [2.24, 2.45) is 11.0 Å². The smallest absolute Gasteiger partial charge is 0.141 e. The maximum atomic E-state index is 5.65. The van der Waals surface area contributed by atoms with Crippen LogP contribution in [0.3, 0.4) is 0 Å². The van der Waals surface area contributed by atoms with E-state index < -0.39 is 0 Å². The van der Waals surface area contributed by atoms with Gasteiger partial charge in [0.2, 0.25) is 0 Å². The number of hydrogen-bond acceptors (Lipinski definition) is 4. The Morgan fingerprint density at radius 1 is 1.21 bits per heavy atom. The Balaban J connectivity index is 1.87. The molecule has 0 aliphatic heterocycles. The molecule has 0 spiro atoms. The van der Waals surface area contributed by atoms with Gasteiger partial charge in [-0.2, -0.15) is 5.10 Å². The van der Waals surface area contributed by atoms with Crippen LogP contribution in [-0.2, 0) is 0 Å². The first-order valence-electron chi connectivity index (χ1n) is 6.36. The summed E-state index contributed by atoms with van der Waals surface area (Å²) in [6.07, 6.45) is 5.90. The third-order valence-electron chi connectivity index (χ3n) is 2.59. The van der Waals surface area contributed by atoms with Crippen molar-refractivity contribution in [3.8, 4) is 5.75 Å². The molecule has 2 aromatic rings. The van der Waals surface area contributed by atoms with E-state index in [1.165, 1.54) is 0 Å². The Hall–Kier alpha value is -2.17. The van der Waals surface area contributed by atoms with Gasteiger partial charge >= 0.3 is 0 Å². The van der Waals surface area contributed by atoms with Crippen molar-refractivity contribution in [1.29, 1.82) is 0 Å². The minimum Gasteiger partial charge on any atom is -0.494 e. The number of rotatable bonds is 6. The molecule has 0 fully saturated rings. The lowest BCUT2D eigenvalue weighted by molar-refractivity contribution is 0.289. The van der Waals surface area contributed by atoms with Crippen LogP contribution in [-0.4, -0.2) is 27.7 Å². The molecule has 1 aromatic carbocycles. The van der Waals surface area contributed by atoms with Gasteiger partial charge in [-0.05, 0) is 42.2 Å². The maximum Gasteiger partial charge on any atom is 0.141 e. The van der Waals surface area contributed by atoms with Crippen LogP contribution in [0.4, 0.5) is 0 Å². The Labute approximate surface area is 112 Å². The number of hydrogen-bond donors (Lipinski definition) is 0. The van der Waals surface area contributed by atoms with E-state index in [4.69, 9.17) is 4.74 Å². The van der Waals surface area contributed by atoms with E-state index in [1.54, 1.807) is 23.5 Å². The van der Waals surface area contributed by atoms with Crippen LogP contribution in [0.2, 0.25) is 0 Å². The minimum absolute atomic E-state index is 0.662. The number of benzene rings is 1. The molecular formula is C14H18N4O. The molecule has 100 valence electrons. The fraction of sp³-hybridized carbons (Fsp3) is 0.357. The molecule has 1 heterocycles. The summed E-state index contributed by atoms with van der Waals surface area (Å²) in [6.45, 7) is 5.13. The molecule has 0 saturated carbocycles. The molecule has 0 unspecified atom stereocenters. The highest BCUT2D eigenvalue weighted by atomic mass is 16.5. The standard InChI is InChI=1S/C14H18N4O/c1-12(2)7-8-19-14-5-3-13(4-6-14)9-17-18-10-15-16-11-18/h3-6,9-12H,7-8H2,1-2H3. The molecule has 5 nitrogen and oxygen atoms in total. The average molecular weight is 258 g/mol. The summed E-state index contributed by atoms with van der Waals surface area (Å²) in [6, 6.07) is 7.85. The highest BCUT2D eigenvalue weighted by Crippen LogP contribution is 2.12. The summed E-state index contributed by atoms with van der Waals surface area (Å²) in [5.41, 5.74) is 1.00. The first-order chi connectivity index (χ1) is 9.24. The predicted octanol–water partition coefficient (Wildman–Crippen LogP) is 2.59. The second-order valence-electron chi connectivity index (χ2n) is 4.69. The van der Waals surface area contributed by atoms with Gasteiger partial charge in [-0.1, -0.05) is 13.8 Å². The third-order valence-corrected chi connectivity index (χ3v) is 2.59. The lowest BCUT2D eigenvalue weighted by Crippen LogP contribution is -2.01. The van der Waals surface area contributed by atoms with Gasteiger partial charge in [0.1, 0.15) is 18.4 Å². The maximum absolute atomic E-state index is 5.65. The number of nitrogens with zero attached hydrogens (tertiary/aromatic N) is 4. The van der Waals surface area contributed by atoms with Crippen molar-refractivity contribution >= 4 is 6.21 Å². The van der Waals surface area contributed by atoms with Crippen molar-refractivity contribution in [3.05, 3.63) is 42.5 Å². The van der Waals surface area contributed by atoms with E-state index in [-0.39, 0.29) is 0 Å². The van der Waals surface area contributed by atoms with Gasteiger partial charge < -0.3 is 4.74 Å². The molecule has 1 aromatic heterocycles. The fourth-order valence-electron chi connectivity index (χ4n) is 1.45. The number of aromatic nitrogens is 3. The van der Waals surface area contributed by atoms with Crippen LogP contribution in [0, 0.1) is 5.92 Å². The van der Waals surface area contributed by atoms with Gasteiger partial charge in [-0.3, -0.25) is 0 Å². The molecule has 0 saturated heterocycles. The molecule has 0 aliphatic carbocycles. The zero-order valence-corrected chi connectivity index (χ0v) is 11.2. The summed E-state index contributed by atoms with van der Waals surface area (Å²) < 4.78 is 7.20. The zero-order valence-electron chi connectivity index (χ0n) is 11.2. The number of ether oxygens (including phenoxy) is 1. The van der Waals surface area contributed by atoms with Crippen LogP contribution in [0.15, 0.2) is 42.0 Å². The van der Waals surface area contributed by atoms with Gasteiger partial charge in [-0.15, -0.1) is 10.2 Å². The zero-order chi connectivity index (χ0) is 13.5. The van der Waals surface area contributed by atoms with Crippen LogP contribution in [0.1, 0.15) is 25.8 Å². The summed E-state index contributed by atoms with van der Waals surface area (Å²) in [7, 11) is 0. The Morgan fingerprint density at radius 2 is 1.89 bits per heavy atom. The lowest BCUT2D eigenvalue weighted by Gasteiger charge is -2.07. The van der Waals surface area contributed by atoms with E-state index in [9.17, 15) is 0 Å². The van der Waals surface area contributed by atoms with Gasteiger partial charge in [0.05, 0.1) is 12.8 Å². The van der Waals surface area contributed by atoms with Crippen molar-refractivity contribution in [2.75, 3.05) is 6.61 Å². The van der Waals surface area contributed by atoms with Crippen molar-refractivity contribution in [1.82, 2.24) is 14.9 Å². The highest BCUT2D eigenvalue weighted by molar-refractivity contribution is 5.79. The van der Waals surface area contributed by atoms with E-state index in [1.807, 2.05) is 24.3 Å². The normalized spacial score (nSPS) is 11.3. The molecule has 19 heavy (non-hydrogen) atoms. The summed E-state index contributed by atoms with van der Waals surface area (Å²) in [5, 5.41) is 11.5. The molecule has 0 N–H and O–H groups in total. The van der Waals surface area contributed by atoms with Crippen LogP contribution in [0.5, 0.6) is 5.75 Å². The van der Waals surface area contributed by atoms with E-state index in [0.29, 0.717) is 5.92 Å². The van der Waals surface area contributed by atoms with Crippen LogP contribution >= 0.6 is 0 Å². The Morgan fingerprint density at radius 3 is 2.53 bits per heavy atom. The molecule has 2 rings (SSSR count). The Kier molecular flexibility index (Phi) is 4.66. The molecule has 0 radical (unpaired) electrons. The largest absolute Gasteiger partial charge is 0.494 e. The molecule has 0 amide bonds. The lowest BCUT2D eigenvalue weighted by atomic mass is 10.1. The van der Waals surface area contributed by atoms with E-state index in [0.717, 1.165) is 24.3 Å². The summed E-state index contributed by atoms with van der Waals surface area (Å²) in [5.74, 6) is 1.55. The average Bonchev–Trinajstić information content (AvgIpc) is 2.90. The van der Waals surface area contributed by atoms with Crippen LogP contribution in [0.25, 0.3) is 0 Å². The second-order valence-corrected chi connectivity index (χ2v) is 4.69. The summed E-state index contributed by atoms with van der Waals surface area (Å²) in [4.78, 5) is 0. The molecular weight excluding hydrogens is 240 g/mol. The van der Waals surface area contributed by atoms with Gasteiger partial charge in [0, 0.05) is 0 Å². The van der Waals surface area contributed by atoms with Gasteiger partial charge in [0.25, 0.3) is 0 Å². The molecule has 0 atom stereocenters. The Bertz CT molecular complexity index is 503. The predicted molar refractivity (Wildman–Crippen MR) is 74.4 cm³/mol. The van der Waals surface area contributed by atoms with E-state index >= 15 is 0 Å². The second kappa shape index (κ2) is 6.68. The van der Waals surface area contributed by atoms with E-state index in [2.05, 4.69) is 29.1 Å². The highest BCUT2D eigenvalue weighted by Gasteiger charge is 1.96. The minimum atomic E-state index is 0.662. The fourth-order valence-corrected chi connectivity index (χ4v) is 1.45. The van der Waals surface area contributed by atoms with Crippen molar-refractivity contribution < 1.29 is 4.74 Å². The van der Waals surface area contributed by atoms with Crippen molar-refractivity contribution in [3.63, 3.8) is 0 Å². The first kappa shape index (κ1) is 13.3. The first-order valence-corrected chi connectivity index (χ1v) is 6.36. The SMILES string of the molecule is CC(C)CCOc1ccc(C=Nn2cnnc2)cc1. The van der Waals surface area contributed by atoms with Crippen LogP contribution < -0.4 is 4.74 Å². The quantitative estimate of drug-likeness (QED) is 0.748.